The van der Waals surface area contributed by atoms with Crippen LogP contribution in [0.2, 0.25) is 0 Å². The van der Waals surface area contributed by atoms with Crippen LogP contribution in [0, 0.1) is 12.7 Å². The molecule has 2 N–H and O–H groups in total. The third kappa shape index (κ3) is 3.65. The highest BCUT2D eigenvalue weighted by Gasteiger charge is 2.38. The predicted octanol–water partition coefficient (Wildman–Crippen LogP) is 3.72. The van der Waals surface area contributed by atoms with Gasteiger partial charge in [-0.2, -0.15) is 0 Å². The highest BCUT2D eigenvalue weighted by Crippen LogP contribution is 2.37. The number of hydrogen-bond acceptors (Lipinski definition) is 3. The second kappa shape index (κ2) is 7.14. The zero-order valence-corrected chi connectivity index (χ0v) is 14.5. The lowest BCUT2D eigenvalue weighted by Crippen LogP contribution is -2.42. The van der Waals surface area contributed by atoms with E-state index in [-0.39, 0.29) is 5.82 Å². The molecule has 24 heavy (non-hydrogen) atoms. The Kier molecular flexibility index (Phi) is 5.40. The fraction of sp³-hybridized carbons (Fsp3) is 0.350. The average Bonchev–Trinajstić information content (AvgIpc) is 2.55. The molecule has 0 spiro atoms. The molecule has 0 radical (unpaired) electrons. The zero-order valence-electron chi connectivity index (χ0n) is 14.5. The summed E-state index contributed by atoms with van der Waals surface area (Å²) in [6.45, 7) is 7.43. The van der Waals surface area contributed by atoms with Gasteiger partial charge >= 0.3 is 5.97 Å². The van der Waals surface area contributed by atoms with Gasteiger partial charge in [0.15, 0.2) is 0 Å². The number of benzene rings is 2. The van der Waals surface area contributed by atoms with Crippen LogP contribution in [0.15, 0.2) is 48.5 Å². The maximum absolute atomic E-state index is 13.3. The van der Waals surface area contributed by atoms with Crippen LogP contribution < -0.4 is 5.73 Å². The van der Waals surface area contributed by atoms with Crippen molar-refractivity contribution in [2.45, 2.75) is 45.3 Å². The van der Waals surface area contributed by atoms with E-state index in [0.29, 0.717) is 0 Å². The third-order valence-corrected chi connectivity index (χ3v) is 4.57. The molecule has 2 aromatic rings. The summed E-state index contributed by atoms with van der Waals surface area (Å²) in [6, 6.07) is 13.6. The number of halogens is 1. The molecule has 0 heterocycles. The minimum Gasteiger partial charge on any atom is -0.460 e. The molecular weight excluding hydrogens is 305 g/mol. The van der Waals surface area contributed by atoms with Crippen LogP contribution >= 0.6 is 0 Å². The van der Waals surface area contributed by atoms with E-state index in [1.54, 1.807) is 19.1 Å². The average molecular weight is 329 g/mol. The van der Waals surface area contributed by atoms with Gasteiger partial charge in [0.1, 0.15) is 18.0 Å². The lowest BCUT2D eigenvalue weighted by molar-refractivity contribution is -0.151. The van der Waals surface area contributed by atoms with Crippen molar-refractivity contribution in [2.75, 3.05) is 0 Å². The molecule has 0 aliphatic heterocycles. The second-order valence-corrected chi connectivity index (χ2v) is 6.44. The van der Waals surface area contributed by atoms with Crippen LogP contribution in [0.1, 0.15) is 37.5 Å². The van der Waals surface area contributed by atoms with E-state index in [1.807, 2.05) is 45.0 Å². The number of rotatable bonds is 5. The second-order valence-electron chi connectivity index (χ2n) is 6.44. The zero-order chi connectivity index (χ0) is 17.9. The van der Waals surface area contributed by atoms with Gasteiger partial charge in [0.25, 0.3) is 0 Å². The van der Waals surface area contributed by atoms with Gasteiger partial charge in [-0.15, -0.1) is 0 Å². The standard InChI is InChI=1S/C20H24FNO2/c1-13-5-7-16(8-6-13)20(4,15(3)24-19(23)14(2)22)17-9-11-18(21)12-10-17/h5-12,14-15H,22H2,1-4H3/t14-,15+,20?/m1/s1. The van der Waals surface area contributed by atoms with Gasteiger partial charge < -0.3 is 10.5 Å². The lowest BCUT2D eigenvalue weighted by Gasteiger charge is -2.36. The number of carbonyl (C=O) groups is 1. The minimum absolute atomic E-state index is 0.301. The summed E-state index contributed by atoms with van der Waals surface area (Å²) in [5.74, 6) is -0.756. The SMILES string of the molecule is Cc1ccc(C(C)(c2ccc(F)cc2)[C@H](C)OC(=O)[C@@H](C)N)cc1. The Balaban J connectivity index is 2.49. The van der Waals surface area contributed by atoms with Crippen molar-refractivity contribution in [2.24, 2.45) is 5.73 Å². The first-order chi connectivity index (χ1) is 11.2. The molecule has 2 aromatic carbocycles. The minimum atomic E-state index is -0.692. The highest BCUT2D eigenvalue weighted by atomic mass is 19.1. The van der Waals surface area contributed by atoms with E-state index in [1.165, 1.54) is 12.1 Å². The van der Waals surface area contributed by atoms with Crippen molar-refractivity contribution in [1.29, 1.82) is 0 Å². The van der Waals surface area contributed by atoms with Gasteiger partial charge in [0.2, 0.25) is 0 Å². The Morgan fingerprint density at radius 1 is 1.04 bits per heavy atom. The number of aryl methyl sites for hydroxylation is 1. The third-order valence-electron chi connectivity index (χ3n) is 4.57. The summed E-state index contributed by atoms with van der Waals surface area (Å²) in [7, 11) is 0. The molecule has 0 amide bonds. The van der Waals surface area contributed by atoms with Crippen LogP contribution in [0.3, 0.4) is 0 Å². The fourth-order valence-corrected chi connectivity index (χ4v) is 2.73. The summed E-state index contributed by atoms with van der Waals surface area (Å²) in [5.41, 5.74) is 8.00. The highest BCUT2D eigenvalue weighted by molar-refractivity contribution is 5.75. The molecule has 0 aliphatic carbocycles. The van der Waals surface area contributed by atoms with Crippen LogP contribution in [0.25, 0.3) is 0 Å². The predicted molar refractivity (Wildman–Crippen MR) is 93.2 cm³/mol. The van der Waals surface area contributed by atoms with Crippen molar-refractivity contribution in [3.8, 4) is 0 Å². The van der Waals surface area contributed by atoms with Crippen molar-refractivity contribution in [3.05, 3.63) is 71.0 Å². The number of nitrogens with two attached hydrogens (primary N) is 1. The van der Waals surface area contributed by atoms with Gasteiger partial charge in [0.05, 0.1) is 5.41 Å². The molecule has 3 atom stereocenters. The molecule has 0 bridgehead atoms. The molecule has 128 valence electrons. The van der Waals surface area contributed by atoms with Gasteiger partial charge in [0, 0.05) is 0 Å². The fourth-order valence-electron chi connectivity index (χ4n) is 2.73. The summed E-state index contributed by atoms with van der Waals surface area (Å²) < 4.78 is 18.9. The van der Waals surface area contributed by atoms with E-state index in [0.717, 1.165) is 16.7 Å². The molecule has 0 fully saturated rings. The van der Waals surface area contributed by atoms with Crippen molar-refractivity contribution in [3.63, 3.8) is 0 Å². The molecule has 0 aromatic heterocycles. The first-order valence-corrected chi connectivity index (χ1v) is 8.04. The Bertz CT molecular complexity index is 647. The molecule has 0 aliphatic rings. The van der Waals surface area contributed by atoms with Crippen LogP contribution in [-0.4, -0.2) is 18.1 Å². The van der Waals surface area contributed by atoms with Crippen LogP contribution in [0.4, 0.5) is 4.39 Å². The van der Waals surface area contributed by atoms with E-state index in [9.17, 15) is 9.18 Å². The smallest absolute Gasteiger partial charge is 0.322 e. The number of carbonyl (C=O) groups excluding carboxylic acids is 1. The topological polar surface area (TPSA) is 52.3 Å². The Labute approximate surface area is 142 Å². The van der Waals surface area contributed by atoms with E-state index in [4.69, 9.17) is 10.5 Å². The molecular formula is C20H24FNO2. The molecule has 4 heteroatoms. The van der Waals surface area contributed by atoms with Gasteiger partial charge in [-0.3, -0.25) is 4.79 Å². The number of hydrogen-bond donors (Lipinski definition) is 1. The Morgan fingerprint density at radius 2 is 1.50 bits per heavy atom. The summed E-state index contributed by atoms with van der Waals surface area (Å²) >= 11 is 0. The van der Waals surface area contributed by atoms with Crippen molar-refractivity contribution in [1.82, 2.24) is 0 Å². The van der Waals surface area contributed by atoms with Gasteiger partial charge in [-0.1, -0.05) is 42.0 Å². The van der Waals surface area contributed by atoms with Gasteiger partial charge in [-0.25, -0.2) is 4.39 Å². The number of esters is 1. The quantitative estimate of drug-likeness (QED) is 0.851. The molecule has 1 unspecified atom stereocenters. The maximum Gasteiger partial charge on any atom is 0.322 e. The molecule has 3 nitrogen and oxygen atoms in total. The Morgan fingerprint density at radius 3 is 1.96 bits per heavy atom. The number of ether oxygens (including phenoxy) is 1. The van der Waals surface area contributed by atoms with Crippen LogP contribution in [0.5, 0.6) is 0 Å². The summed E-state index contributed by atoms with van der Waals surface area (Å²) in [5, 5.41) is 0. The largest absolute Gasteiger partial charge is 0.460 e. The van der Waals surface area contributed by atoms with Crippen molar-refractivity contribution >= 4 is 5.97 Å². The lowest BCUT2D eigenvalue weighted by atomic mass is 9.72. The maximum atomic E-state index is 13.3. The van der Waals surface area contributed by atoms with Crippen LogP contribution in [-0.2, 0) is 14.9 Å². The van der Waals surface area contributed by atoms with E-state index < -0.39 is 23.5 Å². The molecule has 2 rings (SSSR count). The first-order valence-electron chi connectivity index (χ1n) is 8.04. The first kappa shape index (κ1) is 18.1. The van der Waals surface area contributed by atoms with Gasteiger partial charge in [-0.05, 0) is 51.0 Å². The monoisotopic (exact) mass is 329 g/mol. The van der Waals surface area contributed by atoms with Crippen molar-refractivity contribution < 1.29 is 13.9 Å². The molecule has 0 saturated heterocycles. The summed E-state index contributed by atoms with van der Waals surface area (Å²) in [6.07, 6.45) is -0.468. The molecule has 0 saturated carbocycles. The summed E-state index contributed by atoms with van der Waals surface area (Å²) in [4.78, 5) is 12.0. The normalized spacial score (nSPS) is 16.1. The van der Waals surface area contributed by atoms with E-state index in [2.05, 4.69) is 0 Å². The Hall–Kier alpha value is -2.20. The van der Waals surface area contributed by atoms with E-state index >= 15 is 0 Å².